The van der Waals surface area contributed by atoms with Crippen LogP contribution in [0.3, 0.4) is 0 Å². The Hall–Kier alpha value is -2.46. The molecule has 7 nitrogen and oxygen atoms in total. The van der Waals surface area contributed by atoms with Crippen molar-refractivity contribution in [3.8, 4) is 0 Å². The molecule has 0 fully saturated rings. The van der Waals surface area contributed by atoms with Crippen LogP contribution in [0.15, 0.2) is 23.7 Å². The van der Waals surface area contributed by atoms with Crippen LogP contribution in [0.2, 0.25) is 5.28 Å². The summed E-state index contributed by atoms with van der Waals surface area (Å²) in [5, 5.41) is 11.4. The van der Waals surface area contributed by atoms with Gasteiger partial charge in [0.25, 0.3) is 0 Å². The predicted molar refractivity (Wildman–Crippen MR) is 117 cm³/mol. The lowest BCUT2D eigenvalue weighted by molar-refractivity contribution is 0.0477. The Morgan fingerprint density at radius 1 is 1.42 bits per heavy atom. The Morgan fingerprint density at radius 3 is 2.77 bits per heavy atom. The second-order valence-electron chi connectivity index (χ2n) is 8.06. The van der Waals surface area contributed by atoms with Crippen LogP contribution in [0.5, 0.6) is 0 Å². The number of thiophene rings is 1. The van der Waals surface area contributed by atoms with Crippen molar-refractivity contribution in [1.29, 1.82) is 0 Å². The summed E-state index contributed by atoms with van der Waals surface area (Å²) in [6.45, 7) is 6.83. The molecule has 11 heteroatoms. The molecule has 0 bridgehead atoms. The second-order valence-corrected chi connectivity index (χ2v) is 9.43. The SMILES string of the molecule is C[C@H](F)[C@@H](Cc1cn2nc(Cl)nc(NCc3cccs3)c2c1F)NC(=O)OC(C)(C)C. The first-order chi connectivity index (χ1) is 14.5. The standard InChI is InChI=1S/C20H24ClF2N5O2S/c1-11(22)14(25-19(29)30-20(2,3)4)8-12-10-28-16(15(12)23)17(26-18(21)27-28)24-9-13-6-5-7-31-13/h5-7,10-11,14H,8-9H2,1-4H3,(H,25,29)(H,24,26,27)/t11-,14+/m0/s1. The largest absolute Gasteiger partial charge is 0.444 e. The fraction of sp³-hybridized carbons (Fsp3) is 0.450. The monoisotopic (exact) mass is 471 g/mol. The lowest BCUT2D eigenvalue weighted by Crippen LogP contribution is -2.44. The number of carbonyl (C=O) groups excluding carboxylic acids is 1. The van der Waals surface area contributed by atoms with Gasteiger partial charge in [0, 0.05) is 23.1 Å². The van der Waals surface area contributed by atoms with Crippen molar-refractivity contribution in [2.45, 2.75) is 58.5 Å². The minimum atomic E-state index is -1.44. The molecule has 2 atom stereocenters. The molecule has 3 aromatic heterocycles. The van der Waals surface area contributed by atoms with Crippen LogP contribution in [-0.4, -0.2) is 38.5 Å². The first kappa shape index (κ1) is 23.2. The molecule has 3 rings (SSSR count). The number of nitrogens with one attached hydrogen (secondary N) is 2. The lowest BCUT2D eigenvalue weighted by atomic mass is 10.0. The maximum Gasteiger partial charge on any atom is 0.407 e. The summed E-state index contributed by atoms with van der Waals surface area (Å²) < 4.78 is 35.9. The van der Waals surface area contributed by atoms with Gasteiger partial charge in [0.1, 0.15) is 17.3 Å². The fourth-order valence-corrected chi connectivity index (χ4v) is 3.75. The van der Waals surface area contributed by atoms with E-state index < -0.39 is 29.7 Å². The normalized spacial score (nSPS) is 13.8. The molecule has 0 saturated carbocycles. The number of fused-ring (bicyclic) bond motifs is 1. The first-order valence-electron chi connectivity index (χ1n) is 9.66. The number of anilines is 1. The molecule has 0 aliphatic carbocycles. The molecule has 0 radical (unpaired) electrons. The summed E-state index contributed by atoms with van der Waals surface area (Å²) in [7, 11) is 0. The molecule has 0 saturated heterocycles. The van der Waals surface area contributed by atoms with Crippen LogP contribution >= 0.6 is 22.9 Å². The van der Waals surface area contributed by atoms with E-state index in [0.717, 1.165) is 4.88 Å². The van der Waals surface area contributed by atoms with E-state index in [2.05, 4.69) is 20.7 Å². The number of amides is 1. The Kier molecular flexibility index (Phi) is 7.00. The summed E-state index contributed by atoms with van der Waals surface area (Å²) in [5.74, 6) is -0.385. The number of carbonyl (C=O) groups is 1. The third-order valence-electron chi connectivity index (χ3n) is 4.32. The number of ether oxygens (including phenoxy) is 1. The highest BCUT2D eigenvalue weighted by Gasteiger charge is 2.26. The van der Waals surface area contributed by atoms with Gasteiger partial charge in [0.15, 0.2) is 11.6 Å². The van der Waals surface area contributed by atoms with Crippen LogP contribution in [-0.2, 0) is 17.7 Å². The third-order valence-corrected chi connectivity index (χ3v) is 5.36. The molecule has 168 valence electrons. The Bertz CT molecular complexity index is 1050. The topological polar surface area (TPSA) is 80.5 Å². The van der Waals surface area contributed by atoms with E-state index in [-0.39, 0.29) is 28.6 Å². The minimum absolute atomic E-state index is 0.0648. The zero-order chi connectivity index (χ0) is 22.8. The lowest BCUT2D eigenvalue weighted by Gasteiger charge is -2.24. The molecule has 0 aliphatic heterocycles. The third kappa shape index (κ3) is 6.04. The molecule has 31 heavy (non-hydrogen) atoms. The number of alkyl halides is 1. The number of rotatable bonds is 7. The maximum absolute atomic E-state index is 15.3. The minimum Gasteiger partial charge on any atom is -0.444 e. The number of nitrogens with zero attached hydrogens (tertiary/aromatic N) is 3. The smallest absolute Gasteiger partial charge is 0.407 e. The van der Waals surface area contributed by atoms with E-state index >= 15 is 4.39 Å². The van der Waals surface area contributed by atoms with Gasteiger partial charge >= 0.3 is 6.09 Å². The second kappa shape index (κ2) is 9.35. The quantitative estimate of drug-likeness (QED) is 0.507. The average molecular weight is 472 g/mol. The number of hydrogen-bond donors (Lipinski definition) is 2. The molecule has 0 unspecified atom stereocenters. The van der Waals surface area contributed by atoms with Gasteiger partial charge in [0.2, 0.25) is 5.28 Å². The van der Waals surface area contributed by atoms with Crippen molar-refractivity contribution in [3.05, 3.63) is 45.3 Å². The number of hydrogen-bond acceptors (Lipinski definition) is 6. The zero-order valence-corrected chi connectivity index (χ0v) is 19.2. The van der Waals surface area contributed by atoms with Crippen LogP contribution in [0.1, 0.15) is 38.1 Å². The van der Waals surface area contributed by atoms with Crippen LogP contribution < -0.4 is 10.6 Å². The molecular formula is C20H24ClF2N5O2S. The van der Waals surface area contributed by atoms with E-state index in [4.69, 9.17) is 16.3 Å². The number of aromatic nitrogens is 3. The maximum atomic E-state index is 15.3. The van der Waals surface area contributed by atoms with Crippen LogP contribution in [0.25, 0.3) is 5.52 Å². The van der Waals surface area contributed by atoms with Crippen molar-refractivity contribution < 1.29 is 18.3 Å². The summed E-state index contributed by atoms with van der Waals surface area (Å²) in [4.78, 5) is 17.2. The van der Waals surface area contributed by atoms with Crippen molar-refractivity contribution in [2.24, 2.45) is 0 Å². The first-order valence-corrected chi connectivity index (χ1v) is 10.9. The zero-order valence-electron chi connectivity index (χ0n) is 17.6. The van der Waals surface area contributed by atoms with E-state index in [1.807, 2.05) is 17.5 Å². The van der Waals surface area contributed by atoms with E-state index in [1.54, 1.807) is 32.1 Å². The molecule has 0 spiro atoms. The molecule has 0 aliphatic rings. The van der Waals surface area contributed by atoms with Crippen LogP contribution in [0.4, 0.5) is 19.4 Å². The van der Waals surface area contributed by atoms with E-state index in [0.29, 0.717) is 6.54 Å². The highest BCUT2D eigenvalue weighted by Crippen LogP contribution is 2.26. The fourth-order valence-electron chi connectivity index (χ4n) is 2.94. The van der Waals surface area contributed by atoms with E-state index in [9.17, 15) is 9.18 Å². The number of alkyl carbamates (subject to hydrolysis) is 1. The van der Waals surface area contributed by atoms with Gasteiger partial charge in [-0.2, -0.15) is 4.98 Å². The number of halogens is 3. The highest BCUT2D eigenvalue weighted by atomic mass is 35.5. The van der Waals surface area contributed by atoms with Gasteiger partial charge < -0.3 is 15.4 Å². The van der Waals surface area contributed by atoms with Crippen molar-refractivity contribution in [3.63, 3.8) is 0 Å². The summed E-state index contributed by atoms with van der Waals surface area (Å²) >= 11 is 7.55. The summed E-state index contributed by atoms with van der Waals surface area (Å²) in [6, 6.07) is 2.86. The summed E-state index contributed by atoms with van der Waals surface area (Å²) in [6.07, 6.45) is -0.900. The molecule has 2 N–H and O–H groups in total. The molecule has 3 aromatic rings. The van der Waals surface area contributed by atoms with E-state index in [1.165, 1.54) is 17.6 Å². The van der Waals surface area contributed by atoms with Crippen LogP contribution in [0, 0.1) is 5.82 Å². The van der Waals surface area contributed by atoms with Crippen molar-refractivity contribution in [1.82, 2.24) is 19.9 Å². The average Bonchev–Trinajstić information content (AvgIpc) is 3.26. The van der Waals surface area contributed by atoms with Gasteiger partial charge in [-0.15, -0.1) is 16.4 Å². The Morgan fingerprint density at radius 2 is 2.16 bits per heavy atom. The molecule has 1 amide bonds. The summed E-state index contributed by atoms with van der Waals surface area (Å²) in [5.41, 5.74) is -0.473. The van der Waals surface area contributed by atoms with Gasteiger partial charge in [-0.3, -0.25) is 0 Å². The van der Waals surface area contributed by atoms with Gasteiger partial charge in [0.05, 0.1) is 12.6 Å². The van der Waals surface area contributed by atoms with Gasteiger partial charge in [-0.05, 0) is 50.7 Å². The molecule has 0 aromatic carbocycles. The Labute approximate surface area is 187 Å². The molecular weight excluding hydrogens is 448 g/mol. The van der Waals surface area contributed by atoms with Gasteiger partial charge in [-0.25, -0.2) is 18.1 Å². The Balaban J connectivity index is 1.85. The molecule has 3 heterocycles. The highest BCUT2D eigenvalue weighted by molar-refractivity contribution is 7.09. The predicted octanol–water partition coefficient (Wildman–Crippen LogP) is 4.99. The van der Waals surface area contributed by atoms with Gasteiger partial charge in [-0.1, -0.05) is 6.07 Å². The van der Waals surface area contributed by atoms with Crippen molar-refractivity contribution in [2.75, 3.05) is 5.32 Å². The van der Waals surface area contributed by atoms with Crippen molar-refractivity contribution >= 4 is 40.4 Å².